The summed E-state index contributed by atoms with van der Waals surface area (Å²) in [6.45, 7) is 5.62. The normalized spacial score (nSPS) is 24.3. The van der Waals surface area contributed by atoms with Gasteiger partial charge in [-0.25, -0.2) is 0 Å². The van der Waals surface area contributed by atoms with Crippen LogP contribution in [0.5, 0.6) is 0 Å². The first-order chi connectivity index (χ1) is 9.19. The lowest BCUT2D eigenvalue weighted by molar-refractivity contribution is 0.0428. The lowest BCUT2D eigenvalue weighted by Crippen LogP contribution is -2.49. The predicted molar refractivity (Wildman–Crippen MR) is 81.5 cm³/mol. The number of aliphatic hydroxyl groups excluding tert-OH is 1. The minimum atomic E-state index is 0.143. The summed E-state index contributed by atoms with van der Waals surface area (Å²) in [6.07, 6.45) is 4.50. The van der Waals surface area contributed by atoms with Crippen LogP contribution in [-0.4, -0.2) is 35.2 Å². The molecule has 3 atom stereocenters. The van der Waals surface area contributed by atoms with Crippen molar-refractivity contribution in [3.05, 3.63) is 21.9 Å². The summed E-state index contributed by atoms with van der Waals surface area (Å²) in [5.74, 6) is 0. The van der Waals surface area contributed by atoms with E-state index in [1.807, 2.05) is 0 Å². The maximum atomic E-state index is 9.65. The lowest BCUT2D eigenvalue weighted by Gasteiger charge is -2.42. The van der Waals surface area contributed by atoms with Crippen LogP contribution >= 0.6 is 11.3 Å². The molecule has 19 heavy (non-hydrogen) atoms. The minimum Gasteiger partial charge on any atom is -0.395 e. The summed E-state index contributed by atoms with van der Waals surface area (Å²) >= 11 is 1.80. The molecule has 4 heteroatoms. The van der Waals surface area contributed by atoms with Crippen molar-refractivity contribution in [2.24, 2.45) is 5.73 Å². The van der Waals surface area contributed by atoms with E-state index >= 15 is 0 Å². The number of aliphatic hydroxyl groups is 1. The number of rotatable bonds is 5. The zero-order valence-corrected chi connectivity index (χ0v) is 12.8. The second kappa shape index (κ2) is 6.84. The zero-order valence-electron chi connectivity index (χ0n) is 12.0. The summed E-state index contributed by atoms with van der Waals surface area (Å²) in [7, 11) is 0. The summed E-state index contributed by atoms with van der Waals surface area (Å²) < 4.78 is 0. The summed E-state index contributed by atoms with van der Waals surface area (Å²) in [4.78, 5) is 3.84. The molecule has 1 aliphatic rings. The van der Waals surface area contributed by atoms with E-state index in [1.165, 1.54) is 23.3 Å². The van der Waals surface area contributed by atoms with Crippen molar-refractivity contribution in [3.63, 3.8) is 0 Å². The highest BCUT2D eigenvalue weighted by Gasteiger charge is 2.33. The van der Waals surface area contributed by atoms with Gasteiger partial charge in [-0.05, 0) is 49.7 Å². The molecule has 1 aromatic heterocycles. The maximum absolute atomic E-state index is 9.65. The molecule has 108 valence electrons. The Morgan fingerprint density at radius 1 is 1.53 bits per heavy atom. The average Bonchev–Trinajstić information content (AvgIpc) is 2.85. The Balaban J connectivity index is 2.29. The van der Waals surface area contributed by atoms with Gasteiger partial charge in [0.25, 0.3) is 0 Å². The molecule has 2 rings (SSSR count). The molecule has 0 saturated carbocycles. The summed E-state index contributed by atoms with van der Waals surface area (Å²) in [5.41, 5.74) is 7.74. The minimum absolute atomic E-state index is 0.143. The molecule has 1 aliphatic heterocycles. The fraction of sp³-hybridized carbons (Fsp3) is 0.733. The monoisotopic (exact) mass is 282 g/mol. The average molecular weight is 282 g/mol. The lowest BCUT2D eigenvalue weighted by atomic mass is 9.94. The largest absolute Gasteiger partial charge is 0.395 e. The van der Waals surface area contributed by atoms with Crippen LogP contribution in [0.4, 0.5) is 0 Å². The van der Waals surface area contributed by atoms with Crippen molar-refractivity contribution in [1.29, 1.82) is 0 Å². The van der Waals surface area contributed by atoms with E-state index in [-0.39, 0.29) is 24.7 Å². The van der Waals surface area contributed by atoms with Gasteiger partial charge in [0.05, 0.1) is 12.6 Å². The number of aryl methyl sites for hydroxylation is 1. The van der Waals surface area contributed by atoms with Crippen LogP contribution in [0.25, 0.3) is 0 Å². The van der Waals surface area contributed by atoms with Crippen molar-refractivity contribution >= 4 is 11.3 Å². The van der Waals surface area contributed by atoms with Gasteiger partial charge in [-0.3, -0.25) is 4.90 Å². The molecule has 0 spiro atoms. The molecule has 0 radical (unpaired) electrons. The van der Waals surface area contributed by atoms with Crippen LogP contribution in [0.1, 0.15) is 49.1 Å². The third-order valence-electron chi connectivity index (χ3n) is 4.29. The molecule has 2 heterocycles. The topological polar surface area (TPSA) is 49.5 Å². The van der Waals surface area contributed by atoms with Gasteiger partial charge in [0.1, 0.15) is 0 Å². The standard InChI is InChI=1S/C15H26N2OS/c1-3-13(16)14(15-11(2)7-9-19-15)17-8-5-4-6-12(17)10-18/h7,9,12-14,18H,3-6,8,10,16H2,1-2H3. The number of nitrogens with two attached hydrogens (primary N) is 1. The molecule has 0 aliphatic carbocycles. The van der Waals surface area contributed by atoms with Gasteiger partial charge in [0, 0.05) is 17.0 Å². The molecule has 0 bridgehead atoms. The van der Waals surface area contributed by atoms with Crippen molar-refractivity contribution in [2.45, 2.75) is 57.7 Å². The van der Waals surface area contributed by atoms with E-state index in [0.29, 0.717) is 0 Å². The smallest absolute Gasteiger partial charge is 0.0599 e. The van der Waals surface area contributed by atoms with E-state index in [2.05, 4.69) is 30.2 Å². The number of hydrogen-bond donors (Lipinski definition) is 2. The summed E-state index contributed by atoms with van der Waals surface area (Å²) in [5, 5.41) is 11.8. The Bertz CT molecular complexity index is 393. The second-order valence-corrected chi connectivity index (χ2v) is 6.50. The van der Waals surface area contributed by atoms with Gasteiger partial charge < -0.3 is 10.8 Å². The van der Waals surface area contributed by atoms with E-state index in [4.69, 9.17) is 5.73 Å². The van der Waals surface area contributed by atoms with Crippen LogP contribution < -0.4 is 5.73 Å². The molecule has 3 unspecified atom stereocenters. The third-order valence-corrected chi connectivity index (χ3v) is 5.38. The fourth-order valence-electron chi connectivity index (χ4n) is 3.09. The number of nitrogens with zero attached hydrogens (tertiary/aromatic N) is 1. The fourth-order valence-corrected chi connectivity index (χ4v) is 4.21. The predicted octanol–water partition coefficient (Wildman–Crippen LogP) is 2.68. The van der Waals surface area contributed by atoms with Crippen LogP contribution in [-0.2, 0) is 0 Å². The quantitative estimate of drug-likeness (QED) is 0.873. The van der Waals surface area contributed by atoms with Crippen molar-refractivity contribution in [3.8, 4) is 0 Å². The van der Waals surface area contributed by atoms with Gasteiger partial charge in [-0.2, -0.15) is 0 Å². The number of likely N-dealkylation sites (tertiary alicyclic amines) is 1. The van der Waals surface area contributed by atoms with Crippen LogP contribution in [0.3, 0.4) is 0 Å². The second-order valence-electron chi connectivity index (χ2n) is 5.55. The first kappa shape index (κ1) is 15.0. The molecule has 1 fully saturated rings. The Morgan fingerprint density at radius 3 is 2.89 bits per heavy atom. The zero-order chi connectivity index (χ0) is 13.8. The van der Waals surface area contributed by atoms with E-state index in [9.17, 15) is 5.11 Å². The van der Waals surface area contributed by atoms with Crippen LogP contribution in [0, 0.1) is 6.92 Å². The van der Waals surface area contributed by atoms with Crippen LogP contribution in [0.15, 0.2) is 11.4 Å². The van der Waals surface area contributed by atoms with Crippen LogP contribution in [0.2, 0.25) is 0 Å². The molecular weight excluding hydrogens is 256 g/mol. The molecule has 3 nitrogen and oxygen atoms in total. The molecule has 1 aromatic rings. The highest BCUT2D eigenvalue weighted by atomic mass is 32.1. The van der Waals surface area contributed by atoms with Gasteiger partial charge >= 0.3 is 0 Å². The molecular formula is C15H26N2OS. The number of thiophene rings is 1. The highest BCUT2D eigenvalue weighted by molar-refractivity contribution is 7.10. The Kier molecular flexibility index (Phi) is 5.39. The maximum Gasteiger partial charge on any atom is 0.0599 e. The molecule has 0 aromatic carbocycles. The molecule has 0 amide bonds. The van der Waals surface area contributed by atoms with Crippen molar-refractivity contribution in [2.75, 3.05) is 13.2 Å². The van der Waals surface area contributed by atoms with Crippen molar-refractivity contribution < 1.29 is 5.11 Å². The van der Waals surface area contributed by atoms with Gasteiger partial charge in [0.15, 0.2) is 0 Å². The van der Waals surface area contributed by atoms with Gasteiger partial charge in [-0.1, -0.05) is 13.3 Å². The Morgan fingerprint density at radius 2 is 2.32 bits per heavy atom. The van der Waals surface area contributed by atoms with Gasteiger partial charge in [-0.15, -0.1) is 11.3 Å². The highest BCUT2D eigenvalue weighted by Crippen LogP contribution is 2.35. The molecule has 1 saturated heterocycles. The first-order valence-corrected chi connectivity index (χ1v) is 8.23. The van der Waals surface area contributed by atoms with E-state index in [1.54, 1.807) is 11.3 Å². The Labute approximate surface area is 120 Å². The first-order valence-electron chi connectivity index (χ1n) is 7.35. The SMILES string of the molecule is CCC(N)C(c1sccc1C)N1CCCCC1CO. The molecule has 3 N–H and O–H groups in total. The van der Waals surface area contributed by atoms with E-state index in [0.717, 1.165) is 19.4 Å². The third kappa shape index (κ3) is 3.19. The van der Waals surface area contributed by atoms with Gasteiger partial charge in [0.2, 0.25) is 0 Å². The number of piperidine rings is 1. The van der Waals surface area contributed by atoms with E-state index < -0.39 is 0 Å². The number of hydrogen-bond acceptors (Lipinski definition) is 4. The Hall–Kier alpha value is -0.420. The summed E-state index contributed by atoms with van der Waals surface area (Å²) in [6, 6.07) is 2.86. The van der Waals surface area contributed by atoms with Crippen molar-refractivity contribution in [1.82, 2.24) is 4.90 Å².